The number of amides is 1. The number of carbonyl (C=O) groups is 1. The zero-order valence-corrected chi connectivity index (χ0v) is 9.02. The quantitative estimate of drug-likeness (QED) is 0.652. The summed E-state index contributed by atoms with van der Waals surface area (Å²) >= 11 is 0. The van der Waals surface area contributed by atoms with E-state index >= 15 is 0 Å². The molecule has 0 aromatic rings. The van der Waals surface area contributed by atoms with Crippen molar-refractivity contribution in [3.8, 4) is 6.07 Å². The van der Waals surface area contributed by atoms with Gasteiger partial charge in [0.2, 0.25) is 5.91 Å². The predicted octanol–water partition coefficient (Wildman–Crippen LogP) is -0.717. The van der Waals surface area contributed by atoms with Crippen LogP contribution in [-0.2, 0) is 4.79 Å². The summed E-state index contributed by atoms with van der Waals surface area (Å²) in [6, 6.07) is 2.01. The molecular weight excluding hydrogens is 194 g/mol. The van der Waals surface area contributed by atoms with E-state index in [-0.39, 0.29) is 12.5 Å². The van der Waals surface area contributed by atoms with Crippen molar-refractivity contribution in [3.63, 3.8) is 0 Å². The van der Waals surface area contributed by atoms with E-state index in [1.165, 1.54) is 0 Å². The zero-order chi connectivity index (χ0) is 11.3. The van der Waals surface area contributed by atoms with Gasteiger partial charge in [0.15, 0.2) is 0 Å². The van der Waals surface area contributed by atoms with Gasteiger partial charge in [0.05, 0.1) is 19.0 Å². The van der Waals surface area contributed by atoms with Crippen LogP contribution in [0.4, 0.5) is 0 Å². The number of aliphatic hydroxyl groups is 1. The SMILES string of the molecule is CN(CCC#N)C(=O)CN1CC(CO)C1. The van der Waals surface area contributed by atoms with Crippen LogP contribution in [0.2, 0.25) is 0 Å². The lowest BCUT2D eigenvalue weighted by atomic mass is 10.0. The summed E-state index contributed by atoms with van der Waals surface area (Å²) in [5.41, 5.74) is 0. The minimum Gasteiger partial charge on any atom is -0.396 e. The van der Waals surface area contributed by atoms with Crippen molar-refractivity contribution < 1.29 is 9.90 Å². The molecular formula is C10H17N3O2. The number of rotatable bonds is 5. The van der Waals surface area contributed by atoms with E-state index in [1.807, 2.05) is 11.0 Å². The molecule has 0 atom stereocenters. The Balaban J connectivity index is 2.16. The number of hydrogen-bond donors (Lipinski definition) is 1. The summed E-state index contributed by atoms with van der Waals surface area (Å²) in [6.07, 6.45) is 0.376. The molecule has 0 bridgehead atoms. The molecule has 15 heavy (non-hydrogen) atoms. The minimum atomic E-state index is 0.0432. The maximum Gasteiger partial charge on any atom is 0.236 e. The molecule has 1 fully saturated rings. The molecule has 0 unspecified atom stereocenters. The summed E-state index contributed by atoms with van der Waals surface area (Å²) in [4.78, 5) is 15.1. The molecule has 1 amide bonds. The highest BCUT2D eigenvalue weighted by molar-refractivity contribution is 5.78. The third-order valence-corrected chi connectivity index (χ3v) is 2.63. The van der Waals surface area contributed by atoms with Gasteiger partial charge in [0, 0.05) is 39.2 Å². The summed E-state index contributed by atoms with van der Waals surface area (Å²) < 4.78 is 0. The summed E-state index contributed by atoms with van der Waals surface area (Å²) in [7, 11) is 1.71. The van der Waals surface area contributed by atoms with Crippen molar-refractivity contribution in [2.75, 3.05) is 39.8 Å². The number of likely N-dealkylation sites (N-methyl/N-ethyl adjacent to an activating group) is 1. The fourth-order valence-electron chi connectivity index (χ4n) is 1.58. The Morgan fingerprint density at radius 1 is 1.67 bits per heavy atom. The molecule has 1 aliphatic rings. The number of aliphatic hydroxyl groups excluding tert-OH is 1. The van der Waals surface area contributed by atoms with Crippen molar-refractivity contribution in [3.05, 3.63) is 0 Å². The van der Waals surface area contributed by atoms with Gasteiger partial charge in [-0.1, -0.05) is 0 Å². The van der Waals surface area contributed by atoms with Gasteiger partial charge < -0.3 is 10.0 Å². The van der Waals surface area contributed by atoms with Crippen LogP contribution in [0.15, 0.2) is 0 Å². The summed E-state index contributed by atoms with van der Waals surface area (Å²) in [6.45, 7) is 2.70. The monoisotopic (exact) mass is 211 g/mol. The van der Waals surface area contributed by atoms with E-state index in [0.717, 1.165) is 13.1 Å². The molecule has 0 spiro atoms. The van der Waals surface area contributed by atoms with Gasteiger partial charge in [-0.3, -0.25) is 9.69 Å². The standard InChI is InChI=1S/C10H17N3O2/c1-12(4-2-3-11)10(15)7-13-5-9(6-13)8-14/h9,14H,2,4-8H2,1H3. The molecule has 0 aromatic carbocycles. The van der Waals surface area contributed by atoms with Crippen molar-refractivity contribution in [1.82, 2.24) is 9.80 Å². The first-order chi connectivity index (χ1) is 7.17. The molecule has 84 valence electrons. The fraction of sp³-hybridized carbons (Fsp3) is 0.800. The molecule has 1 heterocycles. The third kappa shape index (κ3) is 3.50. The Hall–Kier alpha value is -1.12. The van der Waals surface area contributed by atoms with E-state index in [9.17, 15) is 4.79 Å². The molecule has 0 saturated carbocycles. The second kappa shape index (κ2) is 5.69. The van der Waals surface area contributed by atoms with Crippen LogP contribution >= 0.6 is 0 Å². The van der Waals surface area contributed by atoms with Crippen LogP contribution in [-0.4, -0.2) is 60.6 Å². The predicted molar refractivity (Wildman–Crippen MR) is 54.9 cm³/mol. The Kier molecular flexibility index (Phi) is 4.53. The lowest BCUT2D eigenvalue weighted by Crippen LogP contribution is -2.52. The average molecular weight is 211 g/mol. The third-order valence-electron chi connectivity index (χ3n) is 2.63. The van der Waals surface area contributed by atoms with Crippen LogP contribution in [0.3, 0.4) is 0 Å². The number of hydrogen-bond acceptors (Lipinski definition) is 4. The van der Waals surface area contributed by atoms with E-state index < -0.39 is 0 Å². The maximum absolute atomic E-state index is 11.6. The highest BCUT2D eigenvalue weighted by Crippen LogP contribution is 2.13. The molecule has 0 aromatic heterocycles. The van der Waals surface area contributed by atoms with E-state index in [2.05, 4.69) is 0 Å². The van der Waals surface area contributed by atoms with Gasteiger partial charge in [0.25, 0.3) is 0 Å². The number of carbonyl (C=O) groups excluding carboxylic acids is 1. The van der Waals surface area contributed by atoms with Crippen molar-refractivity contribution in [2.24, 2.45) is 5.92 Å². The zero-order valence-electron chi connectivity index (χ0n) is 9.02. The molecule has 5 nitrogen and oxygen atoms in total. The minimum absolute atomic E-state index is 0.0432. The van der Waals surface area contributed by atoms with E-state index in [4.69, 9.17) is 10.4 Å². The summed E-state index contributed by atoms with van der Waals surface area (Å²) in [5, 5.41) is 17.2. The Morgan fingerprint density at radius 3 is 2.87 bits per heavy atom. The highest BCUT2D eigenvalue weighted by atomic mass is 16.3. The van der Waals surface area contributed by atoms with Crippen LogP contribution in [0.1, 0.15) is 6.42 Å². The van der Waals surface area contributed by atoms with Crippen molar-refractivity contribution in [1.29, 1.82) is 5.26 Å². The molecule has 1 aliphatic heterocycles. The van der Waals surface area contributed by atoms with Crippen LogP contribution in [0, 0.1) is 17.2 Å². The number of likely N-dealkylation sites (tertiary alicyclic amines) is 1. The number of nitrogens with zero attached hydrogens (tertiary/aromatic N) is 3. The fourth-order valence-corrected chi connectivity index (χ4v) is 1.58. The van der Waals surface area contributed by atoms with Crippen LogP contribution in [0.5, 0.6) is 0 Å². The van der Waals surface area contributed by atoms with E-state index in [1.54, 1.807) is 11.9 Å². The highest BCUT2D eigenvalue weighted by Gasteiger charge is 2.27. The lowest BCUT2D eigenvalue weighted by molar-refractivity contribution is -0.133. The molecule has 1 saturated heterocycles. The lowest BCUT2D eigenvalue weighted by Gasteiger charge is -2.38. The van der Waals surface area contributed by atoms with Crippen LogP contribution in [0.25, 0.3) is 0 Å². The number of nitriles is 1. The summed E-state index contributed by atoms with van der Waals surface area (Å²) in [5.74, 6) is 0.379. The molecule has 1 rings (SSSR count). The van der Waals surface area contributed by atoms with Gasteiger partial charge >= 0.3 is 0 Å². The molecule has 0 aliphatic carbocycles. The molecule has 5 heteroatoms. The first kappa shape index (κ1) is 12.0. The van der Waals surface area contributed by atoms with Gasteiger partial charge in [-0.25, -0.2) is 0 Å². The first-order valence-corrected chi connectivity index (χ1v) is 5.11. The van der Waals surface area contributed by atoms with Gasteiger partial charge in [-0.2, -0.15) is 5.26 Å². The van der Waals surface area contributed by atoms with Gasteiger partial charge in [0.1, 0.15) is 0 Å². The second-order valence-electron chi connectivity index (χ2n) is 3.97. The normalized spacial score (nSPS) is 16.9. The smallest absolute Gasteiger partial charge is 0.236 e. The Labute approximate surface area is 89.9 Å². The maximum atomic E-state index is 11.6. The van der Waals surface area contributed by atoms with Gasteiger partial charge in [-0.05, 0) is 0 Å². The Bertz CT molecular complexity index is 256. The van der Waals surface area contributed by atoms with Crippen molar-refractivity contribution >= 4 is 5.91 Å². The van der Waals surface area contributed by atoms with Gasteiger partial charge in [-0.15, -0.1) is 0 Å². The first-order valence-electron chi connectivity index (χ1n) is 5.11. The molecule has 1 N–H and O–H groups in total. The second-order valence-corrected chi connectivity index (χ2v) is 3.97. The topological polar surface area (TPSA) is 67.6 Å². The van der Waals surface area contributed by atoms with Crippen LogP contribution < -0.4 is 0 Å². The Morgan fingerprint density at radius 2 is 2.33 bits per heavy atom. The van der Waals surface area contributed by atoms with Crippen molar-refractivity contribution in [2.45, 2.75) is 6.42 Å². The average Bonchev–Trinajstić information content (AvgIpc) is 2.18. The molecule has 0 radical (unpaired) electrons. The largest absolute Gasteiger partial charge is 0.396 e. The van der Waals surface area contributed by atoms with E-state index in [0.29, 0.717) is 25.4 Å².